The molecule has 1 aliphatic rings. The zero-order chi connectivity index (χ0) is 29.2. The number of aliphatic hydroxyl groups excluding tert-OH is 1. The van der Waals surface area contributed by atoms with E-state index in [4.69, 9.17) is 4.74 Å². The minimum Gasteiger partial charge on any atom is -0.493 e. The van der Waals surface area contributed by atoms with Crippen LogP contribution in [0, 0.1) is 5.92 Å². The molecule has 8 heteroatoms. The van der Waals surface area contributed by atoms with Crippen LogP contribution in [0.4, 0.5) is 13.2 Å². The van der Waals surface area contributed by atoms with E-state index in [1.165, 1.54) is 18.6 Å². The monoisotopic (exact) mass is 568 g/mol. The maximum Gasteiger partial charge on any atom is 0.416 e. The summed E-state index contributed by atoms with van der Waals surface area (Å²) < 4.78 is 44.9. The largest absolute Gasteiger partial charge is 0.493 e. The molecule has 1 saturated heterocycles. The molecule has 41 heavy (non-hydrogen) atoms. The van der Waals surface area contributed by atoms with Crippen molar-refractivity contribution in [3.8, 4) is 5.75 Å². The van der Waals surface area contributed by atoms with Crippen LogP contribution < -0.4 is 10.1 Å². The molecule has 2 N–H and O–H groups in total. The summed E-state index contributed by atoms with van der Waals surface area (Å²) in [6.07, 6.45) is -0.761. The van der Waals surface area contributed by atoms with Gasteiger partial charge in [-0.05, 0) is 79.4 Å². The number of alkyl halides is 3. The first-order valence-corrected chi connectivity index (χ1v) is 14.4. The molecule has 1 aliphatic heterocycles. The van der Waals surface area contributed by atoms with Crippen molar-refractivity contribution in [2.24, 2.45) is 5.92 Å². The fourth-order valence-electron chi connectivity index (χ4n) is 5.41. The number of ether oxygens (including phenoxy) is 1. The van der Waals surface area contributed by atoms with E-state index in [0.29, 0.717) is 17.9 Å². The van der Waals surface area contributed by atoms with Crippen LogP contribution in [-0.2, 0) is 6.18 Å². The SMILES string of the molecule is CCCCCN1CC[C@H](c2ccc(C(=O)NCC(O)c3ccccc3)cc2)[C@@H](COc2ccc(C(F)(F)F)cc2)C1. The molecule has 0 aromatic heterocycles. The number of carbonyl (C=O) groups is 1. The molecular formula is C33H39F3N2O3. The van der Waals surface area contributed by atoms with Crippen molar-refractivity contribution in [2.75, 3.05) is 32.8 Å². The number of nitrogens with one attached hydrogen (secondary N) is 1. The van der Waals surface area contributed by atoms with Crippen LogP contribution in [0.2, 0.25) is 0 Å². The Labute approximate surface area is 240 Å². The highest BCUT2D eigenvalue weighted by Crippen LogP contribution is 2.35. The number of benzene rings is 3. The quantitative estimate of drug-likeness (QED) is 0.235. The molecule has 3 aromatic rings. The van der Waals surface area contributed by atoms with Crippen molar-refractivity contribution in [1.82, 2.24) is 10.2 Å². The van der Waals surface area contributed by atoms with Gasteiger partial charge in [-0.2, -0.15) is 13.2 Å². The van der Waals surface area contributed by atoms with Crippen LogP contribution in [0.1, 0.15) is 71.7 Å². The number of halogens is 3. The first kappa shape index (κ1) is 30.6. The number of hydrogen-bond acceptors (Lipinski definition) is 4. The van der Waals surface area contributed by atoms with Gasteiger partial charge >= 0.3 is 6.18 Å². The highest BCUT2D eigenvalue weighted by molar-refractivity contribution is 5.94. The number of hydrogen-bond donors (Lipinski definition) is 2. The highest BCUT2D eigenvalue weighted by atomic mass is 19.4. The molecule has 1 fully saturated rings. The Balaban J connectivity index is 1.39. The van der Waals surface area contributed by atoms with Crippen LogP contribution >= 0.6 is 0 Å². The van der Waals surface area contributed by atoms with Gasteiger partial charge in [-0.25, -0.2) is 0 Å². The van der Waals surface area contributed by atoms with Crippen LogP contribution in [-0.4, -0.2) is 48.7 Å². The number of amides is 1. The Kier molecular flexibility index (Phi) is 10.8. The summed E-state index contributed by atoms with van der Waals surface area (Å²) in [4.78, 5) is 15.2. The molecule has 0 bridgehead atoms. The molecule has 0 aliphatic carbocycles. The molecule has 220 valence electrons. The summed E-state index contributed by atoms with van der Waals surface area (Å²) in [5, 5.41) is 13.2. The number of rotatable bonds is 12. The fraction of sp³-hybridized carbons (Fsp3) is 0.424. The zero-order valence-electron chi connectivity index (χ0n) is 23.4. The molecule has 1 heterocycles. The number of nitrogens with zero attached hydrogens (tertiary/aromatic N) is 1. The number of carbonyl (C=O) groups excluding carboxylic acids is 1. The average molecular weight is 569 g/mol. The lowest BCUT2D eigenvalue weighted by molar-refractivity contribution is -0.137. The van der Waals surface area contributed by atoms with E-state index < -0.39 is 17.8 Å². The van der Waals surface area contributed by atoms with E-state index in [9.17, 15) is 23.1 Å². The van der Waals surface area contributed by atoms with Gasteiger partial charge in [-0.15, -0.1) is 0 Å². The van der Waals surface area contributed by atoms with Crippen molar-refractivity contribution < 1.29 is 27.8 Å². The smallest absolute Gasteiger partial charge is 0.416 e. The summed E-state index contributed by atoms with van der Waals surface area (Å²) in [7, 11) is 0. The van der Waals surface area contributed by atoms with Gasteiger partial charge in [0, 0.05) is 24.6 Å². The molecule has 0 radical (unpaired) electrons. The Morgan fingerprint density at radius 3 is 2.39 bits per heavy atom. The molecular weight excluding hydrogens is 529 g/mol. The molecule has 0 saturated carbocycles. The number of unbranched alkanes of at least 4 members (excludes halogenated alkanes) is 2. The van der Waals surface area contributed by atoms with E-state index in [1.54, 1.807) is 12.1 Å². The lowest BCUT2D eigenvalue weighted by Crippen LogP contribution is -2.42. The van der Waals surface area contributed by atoms with Crippen molar-refractivity contribution in [3.05, 3.63) is 101 Å². The molecule has 0 spiro atoms. The second-order valence-electron chi connectivity index (χ2n) is 10.8. The normalized spacial score (nSPS) is 18.6. The summed E-state index contributed by atoms with van der Waals surface area (Å²) in [6, 6.07) is 21.6. The fourth-order valence-corrected chi connectivity index (χ4v) is 5.41. The van der Waals surface area contributed by atoms with Crippen LogP contribution in [0.5, 0.6) is 5.75 Å². The maximum atomic E-state index is 13.0. The summed E-state index contributed by atoms with van der Waals surface area (Å²) in [5.74, 6) is 0.515. The Morgan fingerprint density at radius 2 is 1.73 bits per heavy atom. The van der Waals surface area contributed by atoms with Gasteiger partial charge in [0.2, 0.25) is 0 Å². The minimum atomic E-state index is -4.38. The standard InChI is InChI=1S/C33H39F3N2O3/c1-2-3-7-19-38-20-18-30(27(22-38)23-41-29-16-14-28(15-17-29)33(34,35)36)24-10-12-26(13-11-24)32(40)37-21-31(39)25-8-5-4-6-9-25/h4-6,8-17,27,30-31,39H,2-3,7,18-23H2,1H3,(H,37,40)/t27-,30-,31?/m1/s1. The van der Waals surface area contributed by atoms with Crippen LogP contribution in [0.15, 0.2) is 78.9 Å². The minimum absolute atomic E-state index is 0.116. The average Bonchev–Trinajstić information content (AvgIpc) is 2.99. The van der Waals surface area contributed by atoms with Gasteiger partial charge in [-0.1, -0.05) is 62.2 Å². The van der Waals surface area contributed by atoms with Gasteiger partial charge in [-0.3, -0.25) is 4.79 Å². The molecule has 4 rings (SSSR count). The van der Waals surface area contributed by atoms with E-state index in [1.807, 2.05) is 42.5 Å². The van der Waals surface area contributed by atoms with Crippen molar-refractivity contribution in [1.29, 1.82) is 0 Å². The van der Waals surface area contributed by atoms with Crippen molar-refractivity contribution >= 4 is 5.91 Å². The number of likely N-dealkylation sites (tertiary alicyclic amines) is 1. The Hall–Kier alpha value is -3.36. The van der Waals surface area contributed by atoms with Gasteiger partial charge in [0.1, 0.15) is 5.75 Å². The molecule has 1 unspecified atom stereocenters. The van der Waals surface area contributed by atoms with E-state index in [2.05, 4.69) is 17.1 Å². The lowest BCUT2D eigenvalue weighted by Gasteiger charge is -2.39. The van der Waals surface area contributed by atoms with Crippen molar-refractivity contribution in [2.45, 2.75) is 50.8 Å². The zero-order valence-corrected chi connectivity index (χ0v) is 23.4. The van der Waals surface area contributed by atoms with Gasteiger partial charge in [0.15, 0.2) is 0 Å². The van der Waals surface area contributed by atoms with Crippen LogP contribution in [0.25, 0.3) is 0 Å². The molecule has 5 nitrogen and oxygen atoms in total. The van der Waals surface area contributed by atoms with Gasteiger partial charge in [0.05, 0.1) is 18.3 Å². The van der Waals surface area contributed by atoms with E-state index in [0.717, 1.165) is 62.2 Å². The second-order valence-corrected chi connectivity index (χ2v) is 10.8. The molecule has 3 atom stereocenters. The predicted octanol–water partition coefficient (Wildman–Crippen LogP) is 6.84. The van der Waals surface area contributed by atoms with Gasteiger partial charge in [0.25, 0.3) is 5.91 Å². The third-order valence-electron chi connectivity index (χ3n) is 7.78. The summed E-state index contributed by atoms with van der Waals surface area (Å²) in [5.41, 5.74) is 1.68. The van der Waals surface area contributed by atoms with E-state index in [-0.39, 0.29) is 24.3 Å². The third-order valence-corrected chi connectivity index (χ3v) is 7.78. The Morgan fingerprint density at radius 1 is 1.02 bits per heavy atom. The second kappa shape index (κ2) is 14.5. The first-order valence-electron chi connectivity index (χ1n) is 14.4. The van der Waals surface area contributed by atoms with Crippen molar-refractivity contribution in [3.63, 3.8) is 0 Å². The predicted molar refractivity (Wildman–Crippen MR) is 154 cm³/mol. The molecule has 1 amide bonds. The number of piperidine rings is 1. The highest BCUT2D eigenvalue weighted by Gasteiger charge is 2.32. The van der Waals surface area contributed by atoms with Crippen LogP contribution in [0.3, 0.4) is 0 Å². The first-order chi connectivity index (χ1) is 19.7. The Bertz CT molecular complexity index is 1220. The number of aliphatic hydroxyl groups is 1. The third kappa shape index (κ3) is 8.81. The summed E-state index contributed by atoms with van der Waals surface area (Å²) >= 11 is 0. The topological polar surface area (TPSA) is 61.8 Å². The molecule has 3 aromatic carbocycles. The maximum absolute atomic E-state index is 13.0. The van der Waals surface area contributed by atoms with E-state index >= 15 is 0 Å². The lowest BCUT2D eigenvalue weighted by atomic mass is 9.80. The van der Waals surface area contributed by atoms with Gasteiger partial charge < -0.3 is 20.1 Å². The summed E-state index contributed by atoms with van der Waals surface area (Å²) in [6.45, 7) is 5.51.